The van der Waals surface area contributed by atoms with E-state index >= 15 is 0 Å². The molecule has 0 aliphatic rings. The zero-order valence-electron chi connectivity index (χ0n) is 15.3. The van der Waals surface area contributed by atoms with Gasteiger partial charge in [-0.25, -0.2) is 0 Å². The van der Waals surface area contributed by atoms with Gasteiger partial charge >= 0.3 is 0 Å². The Morgan fingerprint density at radius 3 is 2.38 bits per heavy atom. The van der Waals surface area contributed by atoms with Crippen molar-refractivity contribution in [2.24, 2.45) is 5.73 Å². The number of thioether (sulfide) groups is 1. The molecule has 26 heavy (non-hydrogen) atoms. The van der Waals surface area contributed by atoms with Crippen LogP contribution in [-0.4, -0.2) is 17.6 Å². The number of benzene rings is 2. The molecule has 2 aromatic rings. The van der Waals surface area contributed by atoms with Gasteiger partial charge in [0.05, 0.1) is 5.69 Å². The fourth-order valence-corrected chi connectivity index (χ4v) is 3.47. The van der Waals surface area contributed by atoms with Crippen molar-refractivity contribution in [3.8, 4) is 0 Å². The number of carbonyl (C=O) groups excluding carboxylic acids is 2. The predicted molar refractivity (Wildman–Crippen MR) is 108 cm³/mol. The molecule has 2 aromatic carbocycles. The van der Waals surface area contributed by atoms with Crippen LogP contribution in [0.2, 0.25) is 0 Å². The van der Waals surface area contributed by atoms with E-state index in [1.54, 1.807) is 0 Å². The van der Waals surface area contributed by atoms with E-state index in [-0.39, 0.29) is 11.8 Å². The molecule has 0 saturated heterocycles. The molecule has 5 heteroatoms. The third-order valence-corrected chi connectivity index (χ3v) is 5.13. The van der Waals surface area contributed by atoms with Crippen LogP contribution in [0, 0.1) is 0 Å². The first-order valence-electron chi connectivity index (χ1n) is 8.84. The Kier molecular flexibility index (Phi) is 7.73. The van der Waals surface area contributed by atoms with Crippen LogP contribution in [0.4, 0.5) is 5.69 Å². The van der Waals surface area contributed by atoms with Crippen LogP contribution < -0.4 is 11.1 Å². The predicted octanol–water partition coefficient (Wildman–Crippen LogP) is 4.35. The first-order chi connectivity index (χ1) is 12.5. The van der Waals surface area contributed by atoms with Crippen molar-refractivity contribution < 1.29 is 9.59 Å². The Morgan fingerprint density at radius 1 is 1.04 bits per heavy atom. The Hall–Kier alpha value is -2.27. The Bertz CT molecular complexity index is 742. The number of hydrogen-bond acceptors (Lipinski definition) is 3. The van der Waals surface area contributed by atoms with E-state index in [0.29, 0.717) is 30.9 Å². The summed E-state index contributed by atoms with van der Waals surface area (Å²) in [4.78, 5) is 24.1. The van der Waals surface area contributed by atoms with E-state index in [2.05, 4.69) is 43.4 Å². The lowest BCUT2D eigenvalue weighted by Gasteiger charge is -2.11. The molecule has 0 heterocycles. The van der Waals surface area contributed by atoms with Crippen molar-refractivity contribution in [2.45, 2.75) is 43.9 Å². The van der Waals surface area contributed by atoms with Crippen LogP contribution in [0.5, 0.6) is 0 Å². The van der Waals surface area contributed by atoms with Crippen molar-refractivity contribution >= 4 is 29.3 Å². The fourth-order valence-electron chi connectivity index (χ4n) is 2.50. The van der Waals surface area contributed by atoms with Gasteiger partial charge in [-0.3, -0.25) is 9.59 Å². The monoisotopic (exact) mass is 370 g/mol. The molecule has 4 nitrogen and oxygen atoms in total. The average molecular weight is 371 g/mol. The van der Waals surface area contributed by atoms with Crippen molar-refractivity contribution in [1.29, 1.82) is 0 Å². The highest BCUT2D eigenvalue weighted by Crippen LogP contribution is 2.27. The van der Waals surface area contributed by atoms with Gasteiger partial charge in [-0.2, -0.15) is 0 Å². The largest absolute Gasteiger partial charge is 0.370 e. The lowest BCUT2D eigenvalue weighted by molar-refractivity contribution is -0.118. The molecule has 0 aromatic heterocycles. The van der Waals surface area contributed by atoms with Crippen molar-refractivity contribution in [3.05, 3.63) is 59.7 Å². The molecule has 0 aliphatic carbocycles. The second-order valence-corrected chi connectivity index (χ2v) is 7.64. The van der Waals surface area contributed by atoms with Gasteiger partial charge in [0.15, 0.2) is 0 Å². The average Bonchev–Trinajstić information content (AvgIpc) is 2.61. The number of amides is 2. The highest BCUT2D eigenvalue weighted by Gasteiger charge is 2.08. The molecule has 0 atom stereocenters. The van der Waals surface area contributed by atoms with Gasteiger partial charge in [0.25, 0.3) is 0 Å². The summed E-state index contributed by atoms with van der Waals surface area (Å²) in [6.07, 6.45) is 1.46. The number of primary amides is 1. The van der Waals surface area contributed by atoms with Crippen LogP contribution in [0.1, 0.15) is 43.7 Å². The van der Waals surface area contributed by atoms with Crippen molar-refractivity contribution in [2.75, 3.05) is 11.1 Å². The molecular weight excluding hydrogens is 344 g/mol. The molecule has 0 aliphatic heterocycles. The molecule has 138 valence electrons. The summed E-state index contributed by atoms with van der Waals surface area (Å²) in [5.74, 6) is 0.782. The van der Waals surface area contributed by atoms with E-state index in [1.807, 2.05) is 24.3 Å². The minimum absolute atomic E-state index is 0.0131. The number of carbonyl (C=O) groups is 2. The van der Waals surface area contributed by atoms with Crippen LogP contribution in [0.15, 0.2) is 53.4 Å². The summed E-state index contributed by atoms with van der Waals surface area (Å²) in [5, 5.41) is 2.97. The summed E-state index contributed by atoms with van der Waals surface area (Å²) >= 11 is 1.52. The topological polar surface area (TPSA) is 72.2 Å². The standard InChI is InChI=1S/C21H26N2O2S/c1-15(2)17-10-7-16(8-11-17)9-12-21(25)23-18-5-3-4-6-19(18)26-14-13-20(22)24/h3-8,10-11,15H,9,12-14H2,1-2H3,(H2,22,24)(H,23,25). The van der Waals surface area contributed by atoms with E-state index in [9.17, 15) is 9.59 Å². The lowest BCUT2D eigenvalue weighted by Crippen LogP contribution is -2.13. The number of rotatable bonds is 9. The number of anilines is 1. The van der Waals surface area contributed by atoms with Gasteiger partial charge in [0, 0.05) is 23.5 Å². The highest BCUT2D eigenvalue weighted by atomic mass is 32.2. The van der Waals surface area contributed by atoms with Gasteiger partial charge in [0.2, 0.25) is 11.8 Å². The molecule has 0 unspecified atom stereocenters. The second-order valence-electron chi connectivity index (χ2n) is 6.51. The third-order valence-electron chi connectivity index (χ3n) is 4.05. The number of para-hydroxylation sites is 1. The molecule has 2 amide bonds. The van der Waals surface area contributed by atoms with Crippen molar-refractivity contribution in [3.63, 3.8) is 0 Å². The second kappa shape index (κ2) is 10.0. The number of hydrogen-bond donors (Lipinski definition) is 2. The van der Waals surface area contributed by atoms with Crippen LogP contribution in [0.3, 0.4) is 0 Å². The summed E-state index contributed by atoms with van der Waals surface area (Å²) in [5.41, 5.74) is 8.42. The smallest absolute Gasteiger partial charge is 0.224 e. The van der Waals surface area contributed by atoms with Crippen LogP contribution >= 0.6 is 11.8 Å². The van der Waals surface area contributed by atoms with Gasteiger partial charge in [-0.05, 0) is 35.6 Å². The first kappa shape index (κ1) is 20.0. The fraction of sp³-hybridized carbons (Fsp3) is 0.333. The quantitative estimate of drug-likeness (QED) is 0.645. The number of nitrogens with two attached hydrogens (primary N) is 1. The summed E-state index contributed by atoms with van der Waals surface area (Å²) in [6, 6.07) is 16.1. The molecular formula is C21H26N2O2S. The Balaban J connectivity index is 1.88. The van der Waals surface area contributed by atoms with Gasteiger partial charge in [0.1, 0.15) is 0 Å². The lowest BCUT2D eigenvalue weighted by atomic mass is 10.0. The molecule has 0 spiro atoms. The Labute approximate surface area is 159 Å². The summed E-state index contributed by atoms with van der Waals surface area (Å²) < 4.78 is 0. The molecule has 0 radical (unpaired) electrons. The maximum atomic E-state index is 12.3. The summed E-state index contributed by atoms with van der Waals surface area (Å²) in [7, 11) is 0. The SMILES string of the molecule is CC(C)c1ccc(CCC(=O)Nc2ccccc2SCCC(N)=O)cc1. The normalized spacial score (nSPS) is 10.7. The molecule has 3 N–H and O–H groups in total. The van der Waals surface area contributed by atoms with Crippen molar-refractivity contribution in [1.82, 2.24) is 0 Å². The molecule has 0 bridgehead atoms. The van der Waals surface area contributed by atoms with E-state index < -0.39 is 0 Å². The maximum Gasteiger partial charge on any atom is 0.224 e. The van der Waals surface area contributed by atoms with Gasteiger partial charge in [-0.15, -0.1) is 11.8 Å². The summed E-state index contributed by atoms with van der Waals surface area (Å²) in [6.45, 7) is 4.34. The van der Waals surface area contributed by atoms with E-state index in [1.165, 1.54) is 17.3 Å². The molecule has 0 saturated carbocycles. The third kappa shape index (κ3) is 6.56. The molecule has 0 fully saturated rings. The van der Waals surface area contributed by atoms with Crippen LogP contribution in [0.25, 0.3) is 0 Å². The Morgan fingerprint density at radius 2 is 1.73 bits per heavy atom. The maximum absolute atomic E-state index is 12.3. The van der Waals surface area contributed by atoms with Crippen LogP contribution in [-0.2, 0) is 16.0 Å². The zero-order chi connectivity index (χ0) is 18.9. The van der Waals surface area contributed by atoms with Gasteiger partial charge in [-0.1, -0.05) is 50.2 Å². The number of nitrogens with one attached hydrogen (secondary N) is 1. The van der Waals surface area contributed by atoms with E-state index in [4.69, 9.17) is 5.73 Å². The van der Waals surface area contributed by atoms with Gasteiger partial charge < -0.3 is 11.1 Å². The molecule has 2 rings (SSSR count). The highest BCUT2D eigenvalue weighted by molar-refractivity contribution is 7.99. The zero-order valence-corrected chi connectivity index (χ0v) is 16.1. The van der Waals surface area contributed by atoms with E-state index in [0.717, 1.165) is 16.1 Å². The minimum Gasteiger partial charge on any atom is -0.370 e. The minimum atomic E-state index is -0.317. The first-order valence-corrected chi connectivity index (χ1v) is 9.83. The number of aryl methyl sites for hydroxylation is 1.